The van der Waals surface area contributed by atoms with E-state index in [9.17, 15) is 13.6 Å². The van der Waals surface area contributed by atoms with Crippen molar-refractivity contribution < 1.29 is 8.78 Å². The number of benzene rings is 1. The molecule has 18 heavy (non-hydrogen) atoms. The summed E-state index contributed by atoms with van der Waals surface area (Å²) >= 11 is 0. The van der Waals surface area contributed by atoms with Crippen LogP contribution in [0.4, 0.5) is 8.78 Å². The van der Waals surface area contributed by atoms with Gasteiger partial charge in [0.25, 0.3) is 12.0 Å². The predicted octanol–water partition coefficient (Wildman–Crippen LogP) is 3.34. The molecule has 0 atom stereocenters. The summed E-state index contributed by atoms with van der Waals surface area (Å²) in [6.45, 7) is 1.96. The molecule has 0 aliphatic rings. The normalized spacial score (nSPS) is 10.9. The van der Waals surface area contributed by atoms with Gasteiger partial charge in [0.2, 0.25) is 0 Å². The van der Waals surface area contributed by atoms with Gasteiger partial charge >= 0.3 is 0 Å². The lowest BCUT2D eigenvalue weighted by atomic mass is 10.1. The van der Waals surface area contributed by atoms with Crippen LogP contribution in [0.1, 0.15) is 24.5 Å². The highest BCUT2D eigenvalue weighted by molar-refractivity contribution is 5.41. The molecule has 1 aromatic heterocycles. The fourth-order valence-electron chi connectivity index (χ4n) is 1.87. The summed E-state index contributed by atoms with van der Waals surface area (Å²) < 4.78 is 26.6. The molecule has 0 bridgehead atoms. The molecule has 1 aromatic carbocycles. The van der Waals surface area contributed by atoms with Crippen molar-refractivity contribution in [3.63, 3.8) is 0 Å². The number of halogens is 2. The summed E-state index contributed by atoms with van der Waals surface area (Å²) in [6, 6.07) is 9.64. The van der Waals surface area contributed by atoms with E-state index in [0.717, 1.165) is 18.1 Å². The molecular formula is C14H13F2NO. The molecule has 94 valence electrons. The smallest absolute Gasteiger partial charge is 0.265 e. The van der Waals surface area contributed by atoms with Crippen molar-refractivity contribution in [2.75, 3.05) is 0 Å². The lowest BCUT2D eigenvalue weighted by molar-refractivity contribution is 0.150. The van der Waals surface area contributed by atoms with Crippen molar-refractivity contribution in [2.24, 2.45) is 0 Å². The standard InChI is InChI=1S/C14H13F2NO/c1-2-10-5-3-4-6-12(10)17-9-11(14(15)16)7-8-13(17)18/h3-9,14H,2H2,1H3. The molecule has 0 aliphatic carbocycles. The maximum Gasteiger partial charge on any atom is 0.265 e. The van der Waals surface area contributed by atoms with E-state index in [0.29, 0.717) is 5.69 Å². The van der Waals surface area contributed by atoms with Crippen LogP contribution in [0.3, 0.4) is 0 Å². The number of hydrogen-bond acceptors (Lipinski definition) is 1. The van der Waals surface area contributed by atoms with E-state index in [4.69, 9.17) is 0 Å². The number of para-hydroxylation sites is 1. The molecule has 0 spiro atoms. The van der Waals surface area contributed by atoms with Crippen LogP contribution in [0.25, 0.3) is 5.69 Å². The number of alkyl halides is 2. The first kappa shape index (κ1) is 12.5. The van der Waals surface area contributed by atoms with E-state index in [1.165, 1.54) is 16.8 Å². The quantitative estimate of drug-likeness (QED) is 0.817. The van der Waals surface area contributed by atoms with Crippen LogP contribution < -0.4 is 5.56 Å². The number of rotatable bonds is 3. The second-order valence-electron chi connectivity index (χ2n) is 3.95. The van der Waals surface area contributed by atoms with Crippen LogP contribution in [0.15, 0.2) is 47.4 Å². The van der Waals surface area contributed by atoms with Crippen LogP contribution in [0.2, 0.25) is 0 Å². The molecule has 0 aliphatic heterocycles. The molecule has 0 N–H and O–H groups in total. The van der Waals surface area contributed by atoms with E-state index >= 15 is 0 Å². The second kappa shape index (κ2) is 5.12. The molecule has 0 saturated heterocycles. The molecule has 4 heteroatoms. The second-order valence-corrected chi connectivity index (χ2v) is 3.95. The zero-order valence-electron chi connectivity index (χ0n) is 9.94. The summed E-state index contributed by atoms with van der Waals surface area (Å²) in [6.07, 6.45) is -0.631. The third-order valence-electron chi connectivity index (χ3n) is 2.82. The molecule has 2 aromatic rings. The zero-order chi connectivity index (χ0) is 13.1. The van der Waals surface area contributed by atoms with Gasteiger partial charge in [0, 0.05) is 17.8 Å². The molecule has 2 nitrogen and oxygen atoms in total. The fraction of sp³-hybridized carbons (Fsp3) is 0.214. The predicted molar refractivity (Wildman–Crippen MR) is 66.4 cm³/mol. The Morgan fingerprint density at radius 1 is 1.17 bits per heavy atom. The topological polar surface area (TPSA) is 22.0 Å². The van der Waals surface area contributed by atoms with Crippen LogP contribution in [-0.4, -0.2) is 4.57 Å². The fourth-order valence-corrected chi connectivity index (χ4v) is 1.87. The number of aromatic nitrogens is 1. The van der Waals surface area contributed by atoms with E-state index in [1.54, 1.807) is 12.1 Å². The van der Waals surface area contributed by atoms with Gasteiger partial charge in [-0.2, -0.15) is 0 Å². The Balaban J connectivity index is 2.63. The van der Waals surface area contributed by atoms with Crippen LogP contribution >= 0.6 is 0 Å². The van der Waals surface area contributed by atoms with Crippen LogP contribution in [0, 0.1) is 0 Å². The maximum absolute atomic E-state index is 12.7. The van der Waals surface area contributed by atoms with Gasteiger partial charge in [-0.05, 0) is 24.1 Å². The summed E-state index contributed by atoms with van der Waals surface area (Å²) in [7, 11) is 0. The van der Waals surface area contributed by atoms with Gasteiger partial charge in [0.05, 0.1) is 5.69 Å². The van der Waals surface area contributed by atoms with Crippen LogP contribution in [-0.2, 0) is 6.42 Å². The Hall–Kier alpha value is -1.97. The Morgan fingerprint density at radius 2 is 1.89 bits per heavy atom. The highest BCUT2D eigenvalue weighted by Crippen LogP contribution is 2.19. The van der Waals surface area contributed by atoms with Gasteiger partial charge in [-0.25, -0.2) is 8.78 Å². The average molecular weight is 249 g/mol. The summed E-state index contributed by atoms with van der Waals surface area (Å²) in [4.78, 5) is 11.8. The zero-order valence-corrected chi connectivity index (χ0v) is 9.94. The third kappa shape index (κ3) is 2.32. The van der Waals surface area contributed by atoms with Gasteiger partial charge in [-0.3, -0.25) is 9.36 Å². The van der Waals surface area contributed by atoms with Crippen molar-refractivity contribution in [2.45, 2.75) is 19.8 Å². The van der Waals surface area contributed by atoms with Crippen molar-refractivity contribution >= 4 is 0 Å². The molecular weight excluding hydrogens is 236 g/mol. The Bertz CT molecular complexity index is 605. The molecule has 0 amide bonds. The van der Waals surface area contributed by atoms with E-state index < -0.39 is 6.43 Å². The maximum atomic E-state index is 12.7. The highest BCUT2D eigenvalue weighted by Gasteiger charge is 2.10. The Morgan fingerprint density at radius 3 is 2.56 bits per heavy atom. The number of pyridine rings is 1. The molecule has 2 rings (SSSR count). The Kier molecular flexibility index (Phi) is 3.55. The molecule has 0 saturated carbocycles. The van der Waals surface area contributed by atoms with Crippen molar-refractivity contribution in [1.82, 2.24) is 4.57 Å². The van der Waals surface area contributed by atoms with Gasteiger partial charge in [-0.1, -0.05) is 25.1 Å². The first-order chi connectivity index (χ1) is 8.63. The minimum absolute atomic E-state index is 0.152. The minimum Gasteiger partial charge on any atom is -0.284 e. The highest BCUT2D eigenvalue weighted by atomic mass is 19.3. The average Bonchev–Trinajstić information content (AvgIpc) is 2.39. The summed E-state index contributed by atoms with van der Waals surface area (Å²) in [5.74, 6) is 0. The molecule has 1 heterocycles. The van der Waals surface area contributed by atoms with Crippen molar-refractivity contribution in [3.05, 3.63) is 64.1 Å². The first-order valence-electron chi connectivity index (χ1n) is 5.72. The lowest BCUT2D eigenvalue weighted by Gasteiger charge is -2.11. The molecule has 0 unspecified atom stereocenters. The Labute approximate surface area is 104 Å². The summed E-state index contributed by atoms with van der Waals surface area (Å²) in [5, 5.41) is 0. The number of nitrogens with zero attached hydrogens (tertiary/aromatic N) is 1. The molecule has 0 fully saturated rings. The van der Waals surface area contributed by atoms with Crippen LogP contribution in [0.5, 0.6) is 0 Å². The van der Waals surface area contributed by atoms with E-state index in [-0.39, 0.29) is 11.1 Å². The van der Waals surface area contributed by atoms with E-state index in [2.05, 4.69) is 0 Å². The van der Waals surface area contributed by atoms with Crippen molar-refractivity contribution in [3.8, 4) is 5.69 Å². The third-order valence-corrected chi connectivity index (χ3v) is 2.82. The molecule has 0 radical (unpaired) electrons. The minimum atomic E-state index is -2.58. The van der Waals surface area contributed by atoms with Gasteiger partial charge in [-0.15, -0.1) is 0 Å². The number of aryl methyl sites for hydroxylation is 1. The van der Waals surface area contributed by atoms with Gasteiger partial charge in [0.1, 0.15) is 0 Å². The summed E-state index contributed by atoms with van der Waals surface area (Å²) in [5.41, 5.74) is 1.15. The largest absolute Gasteiger partial charge is 0.284 e. The van der Waals surface area contributed by atoms with Crippen molar-refractivity contribution in [1.29, 1.82) is 0 Å². The SMILES string of the molecule is CCc1ccccc1-n1cc(C(F)F)ccc1=O. The van der Waals surface area contributed by atoms with Gasteiger partial charge < -0.3 is 0 Å². The monoisotopic (exact) mass is 249 g/mol. The first-order valence-corrected chi connectivity index (χ1v) is 5.72. The van der Waals surface area contributed by atoms with Gasteiger partial charge in [0.15, 0.2) is 0 Å². The lowest BCUT2D eigenvalue weighted by Crippen LogP contribution is -2.18. The number of hydrogen-bond donors (Lipinski definition) is 0. The van der Waals surface area contributed by atoms with E-state index in [1.807, 2.05) is 19.1 Å².